The monoisotopic (exact) mass is 460 g/mol. The van der Waals surface area contributed by atoms with Gasteiger partial charge in [-0.25, -0.2) is 8.42 Å². The lowest BCUT2D eigenvalue weighted by atomic mass is 10.0. The lowest BCUT2D eigenvalue weighted by molar-refractivity contribution is 0.0955. The molecule has 2 aromatic rings. The molecule has 1 N–H and O–H groups in total. The summed E-state index contributed by atoms with van der Waals surface area (Å²) >= 11 is 1.77. The molecule has 0 atom stereocenters. The predicted molar refractivity (Wildman–Crippen MR) is 128 cm³/mol. The van der Waals surface area contributed by atoms with Gasteiger partial charge < -0.3 is 5.32 Å². The summed E-state index contributed by atoms with van der Waals surface area (Å²) in [5.74, 6) is 2.02. The summed E-state index contributed by atoms with van der Waals surface area (Å²) in [7, 11) is -3.57. The number of hydrogen-bond acceptors (Lipinski definition) is 4. The van der Waals surface area contributed by atoms with Gasteiger partial charge in [-0.3, -0.25) is 4.79 Å². The molecule has 31 heavy (non-hydrogen) atoms. The Morgan fingerprint density at radius 1 is 1.13 bits per heavy atom. The van der Waals surface area contributed by atoms with Crippen LogP contribution in [0.5, 0.6) is 0 Å². The van der Waals surface area contributed by atoms with Gasteiger partial charge in [-0.05, 0) is 55.9 Å². The van der Waals surface area contributed by atoms with Crippen molar-refractivity contribution < 1.29 is 13.2 Å². The number of carbonyl (C=O) groups excluding carboxylic acids is 1. The Morgan fingerprint density at radius 3 is 2.58 bits per heavy atom. The number of nitrogens with one attached hydrogen (secondary N) is 1. The fourth-order valence-corrected chi connectivity index (χ4v) is 6.01. The summed E-state index contributed by atoms with van der Waals surface area (Å²) in [5.41, 5.74) is 3.72. The van der Waals surface area contributed by atoms with Crippen LogP contribution in [-0.4, -0.2) is 44.0 Å². The number of benzene rings is 2. The molecule has 0 unspecified atom stereocenters. The summed E-state index contributed by atoms with van der Waals surface area (Å²) in [6.07, 6.45) is 1.75. The van der Waals surface area contributed by atoms with Gasteiger partial charge in [-0.2, -0.15) is 16.1 Å². The number of aryl methyl sites for hydroxylation is 2. The van der Waals surface area contributed by atoms with E-state index in [1.807, 2.05) is 6.92 Å². The molecule has 0 aliphatic carbocycles. The fraction of sp³-hybridized carbons (Fsp3) is 0.458. The predicted octanol–water partition coefficient (Wildman–Crippen LogP) is 4.39. The van der Waals surface area contributed by atoms with Crippen molar-refractivity contribution in [1.29, 1.82) is 0 Å². The topological polar surface area (TPSA) is 66.5 Å². The summed E-state index contributed by atoms with van der Waals surface area (Å²) in [4.78, 5) is 12.9. The van der Waals surface area contributed by atoms with Crippen LogP contribution in [0.25, 0.3) is 0 Å². The molecule has 0 saturated carbocycles. The molecule has 1 saturated heterocycles. The van der Waals surface area contributed by atoms with Crippen LogP contribution in [0.2, 0.25) is 0 Å². The van der Waals surface area contributed by atoms with E-state index in [9.17, 15) is 13.2 Å². The summed E-state index contributed by atoms with van der Waals surface area (Å²) in [6.45, 7) is 7.68. The van der Waals surface area contributed by atoms with E-state index in [0.29, 0.717) is 31.1 Å². The molecule has 1 heterocycles. The van der Waals surface area contributed by atoms with E-state index in [0.717, 1.165) is 29.9 Å². The van der Waals surface area contributed by atoms with Crippen LogP contribution in [0.15, 0.2) is 47.4 Å². The average molecular weight is 461 g/mol. The molecule has 7 heteroatoms. The normalized spacial score (nSPS) is 15.7. The first kappa shape index (κ1) is 23.8. The van der Waals surface area contributed by atoms with Crippen molar-refractivity contribution in [2.75, 3.05) is 25.4 Å². The van der Waals surface area contributed by atoms with Crippen molar-refractivity contribution in [3.63, 3.8) is 0 Å². The van der Waals surface area contributed by atoms with Crippen LogP contribution in [0.1, 0.15) is 46.8 Å². The van der Waals surface area contributed by atoms with Gasteiger partial charge in [-0.1, -0.05) is 42.8 Å². The van der Waals surface area contributed by atoms with Gasteiger partial charge in [0.25, 0.3) is 5.91 Å². The van der Waals surface area contributed by atoms with Crippen LogP contribution in [0.4, 0.5) is 0 Å². The van der Waals surface area contributed by atoms with Crippen LogP contribution < -0.4 is 5.32 Å². The Labute approximate surface area is 190 Å². The highest BCUT2D eigenvalue weighted by Crippen LogP contribution is 2.25. The van der Waals surface area contributed by atoms with E-state index in [2.05, 4.69) is 43.4 Å². The zero-order valence-corrected chi connectivity index (χ0v) is 20.2. The molecule has 2 aromatic carbocycles. The third kappa shape index (κ3) is 6.34. The highest BCUT2D eigenvalue weighted by atomic mass is 32.2. The van der Waals surface area contributed by atoms with Crippen LogP contribution >= 0.6 is 11.8 Å². The second-order valence-electron chi connectivity index (χ2n) is 8.36. The highest BCUT2D eigenvalue weighted by molar-refractivity contribution is 7.98. The maximum atomic E-state index is 13.0. The molecule has 1 fully saturated rings. The second-order valence-corrected chi connectivity index (χ2v) is 11.4. The highest BCUT2D eigenvalue weighted by Gasteiger charge is 2.28. The Bertz CT molecular complexity index is 1010. The van der Waals surface area contributed by atoms with Gasteiger partial charge in [0.2, 0.25) is 10.0 Å². The van der Waals surface area contributed by atoms with E-state index in [1.54, 1.807) is 28.2 Å². The molecular formula is C24H32N2O3S2. The van der Waals surface area contributed by atoms with E-state index >= 15 is 0 Å². The summed E-state index contributed by atoms with van der Waals surface area (Å²) in [5, 5.41) is 2.93. The number of nitrogens with zero attached hydrogens (tertiary/aromatic N) is 1. The minimum Gasteiger partial charge on any atom is -0.351 e. The van der Waals surface area contributed by atoms with E-state index in [4.69, 9.17) is 0 Å². The third-order valence-electron chi connectivity index (χ3n) is 5.72. The molecule has 168 valence electrons. The van der Waals surface area contributed by atoms with Crippen molar-refractivity contribution in [3.05, 3.63) is 64.7 Å². The number of rotatable bonds is 8. The van der Waals surface area contributed by atoms with Crippen molar-refractivity contribution in [3.8, 4) is 0 Å². The SMILES string of the molecule is Cc1cccc(CSCCNC(=O)c2cc(S(=O)(=O)N3CCC(C)CC3)ccc2C)c1. The van der Waals surface area contributed by atoms with Gasteiger partial charge in [0.05, 0.1) is 4.90 Å². The van der Waals surface area contributed by atoms with E-state index in [-0.39, 0.29) is 10.8 Å². The molecular weight excluding hydrogens is 428 g/mol. The third-order valence-corrected chi connectivity index (χ3v) is 8.64. The number of carbonyl (C=O) groups is 1. The fourth-order valence-electron chi connectivity index (χ4n) is 3.70. The molecule has 0 radical (unpaired) electrons. The van der Waals surface area contributed by atoms with Crippen molar-refractivity contribution in [2.24, 2.45) is 5.92 Å². The largest absolute Gasteiger partial charge is 0.351 e. The van der Waals surface area contributed by atoms with Crippen molar-refractivity contribution >= 4 is 27.7 Å². The summed E-state index contributed by atoms with van der Waals surface area (Å²) in [6, 6.07) is 13.3. The number of piperidine rings is 1. The van der Waals surface area contributed by atoms with Crippen LogP contribution in [-0.2, 0) is 15.8 Å². The van der Waals surface area contributed by atoms with Gasteiger partial charge in [0, 0.05) is 36.7 Å². The Morgan fingerprint density at radius 2 is 1.87 bits per heavy atom. The smallest absolute Gasteiger partial charge is 0.251 e. The minimum atomic E-state index is -3.57. The van der Waals surface area contributed by atoms with Crippen molar-refractivity contribution in [1.82, 2.24) is 9.62 Å². The molecule has 0 aromatic heterocycles. The number of sulfonamides is 1. The first-order valence-corrected chi connectivity index (χ1v) is 13.4. The first-order chi connectivity index (χ1) is 14.8. The van der Waals surface area contributed by atoms with Crippen LogP contribution in [0, 0.1) is 19.8 Å². The molecule has 1 aliphatic heterocycles. The first-order valence-electron chi connectivity index (χ1n) is 10.8. The van der Waals surface area contributed by atoms with Gasteiger partial charge >= 0.3 is 0 Å². The lowest BCUT2D eigenvalue weighted by Gasteiger charge is -2.29. The number of thioether (sulfide) groups is 1. The summed E-state index contributed by atoms with van der Waals surface area (Å²) < 4.78 is 27.6. The van der Waals surface area contributed by atoms with Gasteiger partial charge in [0.1, 0.15) is 0 Å². The molecule has 0 bridgehead atoms. The standard InChI is InChI=1S/C24H32N2O3S2/c1-18-9-12-26(13-10-18)31(28,29)22-8-7-20(3)23(16-22)24(27)25-11-14-30-17-21-6-4-5-19(2)15-21/h4-8,15-16,18H,9-14,17H2,1-3H3,(H,25,27). The second kappa shape index (κ2) is 10.7. The average Bonchev–Trinajstić information content (AvgIpc) is 2.74. The Balaban J connectivity index is 1.57. The Hall–Kier alpha value is -1.83. The number of hydrogen-bond donors (Lipinski definition) is 1. The molecule has 1 amide bonds. The maximum absolute atomic E-state index is 13.0. The minimum absolute atomic E-state index is 0.201. The van der Waals surface area contributed by atoms with Gasteiger partial charge in [-0.15, -0.1) is 0 Å². The van der Waals surface area contributed by atoms with Crippen LogP contribution in [0.3, 0.4) is 0 Å². The molecule has 3 rings (SSSR count). The molecule has 1 aliphatic rings. The Kier molecular flexibility index (Phi) is 8.19. The van der Waals surface area contributed by atoms with E-state index in [1.165, 1.54) is 17.2 Å². The zero-order chi connectivity index (χ0) is 22.4. The zero-order valence-electron chi connectivity index (χ0n) is 18.6. The van der Waals surface area contributed by atoms with Crippen molar-refractivity contribution in [2.45, 2.75) is 44.3 Å². The number of amides is 1. The molecule has 0 spiro atoms. The van der Waals surface area contributed by atoms with E-state index < -0.39 is 10.0 Å². The van der Waals surface area contributed by atoms with Gasteiger partial charge in [0.15, 0.2) is 0 Å². The maximum Gasteiger partial charge on any atom is 0.251 e. The quantitative estimate of drug-likeness (QED) is 0.594. The lowest BCUT2D eigenvalue weighted by Crippen LogP contribution is -2.38. The molecule has 5 nitrogen and oxygen atoms in total.